The minimum absolute atomic E-state index is 0.252. The van der Waals surface area contributed by atoms with E-state index in [2.05, 4.69) is 20.8 Å². The van der Waals surface area contributed by atoms with Crippen molar-refractivity contribution in [1.29, 1.82) is 0 Å². The SMILES string of the molecule is Cc1cc(C)c(-c2ccc(NC[C@H]3CCCN3)nn2)c(O)c1. The van der Waals surface area contributed by atoms with Gasteiger partial charge in [0.25, 0.3) is 0 Å². The van der Waals surface area contributed by atoms with E-state index >= 15 is 0 Å². The van der Waals surface area contributed by atoms with E-state index < -0.39 is 0 Å². The van der Waals surface area contributed by atoms with Crippen molar-refractivity contribution in [2.45, 2.75) is 32.7 Å². The number of phenols is 1. The van der Waals surface area contributed by atoms with Crippen LogP contribution in [0.15, 0.2) is 24.3 Å². The Balaban J connectivity index is 1.74. The topological polar surface area (TPSA) is 70.1 Å². The summed E-state index contributed by atoms with van der Waals surface area (Å²) in [5.41, 5.74) is 3.48. The Bertz CT molecular complexity index is 625. The predicted molar refractivity (Wildman–Crippen MR) is 88.1 cm³/mol. The second-order valence-corrected chi connectivity index (χ2v) is 5.95. The van der Waals surface area contributed by atoms with Gasteiger partial charge in [-0.3, -0.25) is 0 Å². The highest BCUT2D eigenvalue weighted by atomic mass is 16.3. The summed E-state index contributed by atoms with van der Waals surface area (Å²) in [6, 6.07) is 8.12. The van der Waals surface area contributed by atoms with Crippen LogP contribution in [-0.2, 0) is 0 Å². The second-order valence-electron chi connectivity index (χ2n) is 5.95. The first kappa shape index (κ1) is 14.8. The number of anilines is 1. The van der Waals surface area contributed by atoms with Crippen molar-refractivity contribution in [1.82, 2.24) is 15.5 Å². The third-order valence-corrected chi connectivity index (χ3v) is 4.07. The summed E-state index contributed by atoms with van der Waals surface area (Å²) < 4.78 is 0. The molecule has 22 heavy (non-hydrogen) atoms. The molecule has 1 saturated heterocycles. The van der Waals surface area contributed by atoms with E-state index in [1.54, 1.807) is 6.07 Å². The standard InChI is InChI=1S/C17H22N4O/c1-11-8-12(2)17(15(22)9-11)14-5-6-16(21-20-14)19-10-13-4-3-7-18-13/h5-6,8-9,13,18,22H,3-4,7,10H2,1-2H3,(H,19,21)/t13-/m1/s1. The zero-order chi connectivity index (χ0) is 15.5. The van der Waals surface area contributed by atoms with Gasteiger partial charge < -0.3 is 15.7 Å². The number of phenolic OH excluding ortho intramolecular Hbond substituents is 1. The summed E-state index contributed by atoms with van der Waals surface area (Å²) in [5, 5.41) is 25.4. The van der Waals surface area contributed by atoms with Gasteiger partial charge in [0.15, 0.2) is 0 Å². The van der Waals surface area contributed by atoms with Gasteiger partial charge >= 0.3 is 0 Å². The Kier molecular flexibility index (Phi) is 4.24. The third-order valence-electron chi connectivity index (χ3n) is 4.07. The maximum atomic E-state index is 10.2. The van der Waals surface area contributed by atoms with Crippen molar-refractivity contribution in [3.05, 3.63) is 35.4 Å². The van der Waals surface area contributed by atoms with Crippen LogP contribution < -0.4 is 10.6 Å². The van der Waals surface area contributed by atoms with Gasteiger partial charge in [-0.1, -0.05) is 6.07 Å². The summed E-state index contributed by atoms with van der Waals surface area (Å²) in [5.74, 6) is 1.02. The average molecular weight is 298 g/mol. The molecule has 0 saturated carbocycles. The van der Waals surface area contributed by atoms with Crippen molar-refractivity contribution >= 4 is 5.82 Å². The smallest absolute Gasteiger partial charge is 0.148 e. The molecule has 0 bridgehead atoms. The molecular weight excluding hydrogens is 276 g/mol. The second kappa shape index (κ2) is 6.32. The molecule has 0 spiro atoms. The van der Waals surface area contributed by atoms with Crippen LogP contribution >= 0.6 is 0 Å². The van der Waals surface area contributed by atoms with E-state index in [1.165, 1.54) is 12.8 Å². The summed E-state index contributed by atoms with van der Waals surface area (Å²) >= 11 is 0. The molecule has 5 nitrogen and oxygen atoms in total. The monoisotopic (exact) mass is 298 g/mol. The van der Waals surface area contributed by atoms with E-state index in [0.29, 0.717) is 11.7 Å². The molecule has 1 fully saturated rings. The van der Waals surface area contributed by atoms with Gasteiger partial charge in [-0.05, 0) is 62.6 Å². The lowest BCUT2D eigenvalue weighted by molar-refractivity contribution is 0.476. The zero-order valence-corrected chi connectivity index (χ0v) is 13.1. The Morgan fingerprint density at radius 2 is 2.14 bits per heavy atom. The van der Waals surface area contributed by atoms with Crippen molar-refractivity contribution in [3.63, 3.8) is 0 Å². The fourth-order valence-corrected chi connectivity index (χ4v) is 3.00. The highest BCUT2D eigenvalue weighted by molar-refractivity contribution is 5.71. The van der Waals surface area contributed by atoms with Gasteiger partial charge in [0, 0.05) is 18.2 Å². The number of aromatic nitrogens is 2. The van der Waals surface area contributed by atoms with Crippen LogP contribution in [0.3, 0.4) is 0 Å². The summed E-state index contributed by atoms with van der Waals surface area (Å²) in [7, 11) is 0. The number of aromatic hydroxyl groups is 1. The van der Waals surface area contributed by atoms with Crippen molar-refractivity contribution in [2.24, 2.45) is 0 Å². The molecule has 0 unspecified atom stereocenters. The summed E-state index contributed by atoms with van der Waals surface area (Å²) in [4.78, 5) is 0. The minimum atomic E-state index is 0.252. The molecule has 2 aromatic rings. The normalized spacial score (nSPS) is 17.6. The first-order valence-electron chi connectivity index (χ1n) is 7.75. The molecule has 3 rings (SSSR count). The van der Waals surface area contributed by atoms with Gasteiger partial charge in [0.1, 0.15) is 11.6 Å². The summed E-state index contributed by atoms with van der Waals surface area (Å²) in [6.07, 6.45) is 2.44. The zero-order valence-electron chi connectivity index (χ0n) is 13.1. The lowest BCUT2D eigenvalue weighted by Crippen LogP contribution is -2.29. The molecule has 1 aromatic carbocycles. The van der Waals surface area contributed by atoms with Crippen LogP contribution in [0.4, 0.5) is 5.82 Å². The number of hydrogen-bond acceptors (Lipinski definition) is 5. The molecule has 1 aliphatic rings. The molecule has 1 atom stereocenters. The van der Waals surface area contributed by atoms with E-state index in [0.717, 1.165) is 35.6 Å². The Morgan fingerprint density at radius 1 is 1.27 bits per heavy atom. The van der Waals surface area contributed by atoms with Gasteiger partial charge in [-0.25, -0.2) is 0 Å². The number of nitrogens with one attached hydrogen (secondary N) is 2. The fraction of sp³-hybridized carbons (Fsp3) is 0.412. The van der Waals surface area contributed by atoms with E-state index in [4.69, 9.17) is 0 Å². The molecule has 0 aliphatic carbocycles. The Hall–Kier alpha value is -2.14. The highest BCUT2D eigenvalue weighted by Crippen LogP contribution is 2.32. The lowest BCUT2D eigenvalue weighted by atomic mass is 10.0. The van der Waals surface area contributed by atoms with Crippen molar-refractivity contribution in [2.75, 3.05) is 18.4 Å². The molecule has 2 heterocycles. The van der Waals surface area contributed by atoms with Crippen LogP contribution in [0.25, 0.3) is 11.3 Å². The largest absolute Gasteiger partial charge is 0.507 e. The van der Waals surface area contributed by atoms with Gasteiger partial charge in [-0.2, -0.15) is 0 Å². The van der Waals surface area contributed by atoms with Gasteiger partial charge in [-0.15, -0.1) is 10.2 Å². The predicted octanol–water partition coefficient (Wildman–Crippen LogP) is 2.63. The molecule has 1 aromatic heterocycles. The Morgan fingerprint density at radius 3 is 2.77 bits per heavy atom. The van der Waals surface area contributed by atoms with Gasteiger partial charge in [0.05, 0.1) is 5.69 Å². The first-order chi connectivity index (χ1) is 10.6. The first-order valence-corrected chi connectivity index (χ1v) is 7.75. The molecule has 5 heteroatoms. The highest BCUT2D eigenvalue weighted by Gasteiger charge is 2.14. The average Bonchev–Trinajstić information content (AvgIpc) is 2.98. The maximum absolute atomic E-state index is 10.2. The number of nitrogens with zero attached hydrogens (tertiary/aromatic N) is 2. The molecule has 116 valence electrons. The number of hydrogen-bond donors (Lipinski definition) is 3. The summed E-state index contributed by atoms with van der Waals surface area (Å²) in [6.45, 7) is 5.90. The van der Waals surface area contributed by atoms with Gasteiger partial charge in [0.2, 0.25) is 0 Å². The molecule has 3 N–H and O–H groups in total. The van der Waals surface area contributed by atoms with E-state index in [9.17, 15) is 5.11 Å². The molecule has 0 amide bonds. The third kappa shape index (κ3) is 3.20. The van der Waals surface area contributed by atoms with Crippen LogP contribution in [0.1, 0.15) is 24.0 Å². The minimum Gasteiger partial charge on any atom is -0.507 e. The Labute approximate surface area is 130 Å². The molecule has 1 aliphatic heterocycles. The fourth-order valence-electron chi connectivity index (χ4n) is 3.00. The van der Waals surface area contributed by atoms with E-state index in [1.807, 2.05) is 32.0 Å². The molecular formula is C17H22N4O. The van der Waals surface area contributed by atoms with E-state index in [-0.39, 0.29) is 5.75 Å². The lowest BCUT2D eigenvalue weighted by Gasteiger charge is -2.12. The molecule has 0 radical (unpaired) electrons. The van der Waals surface area contributed by atoms with Crippen LogP contribution in [-0.4, -0.2) is 34.4 Å². The van der Waals surface area contributed by atoms with Crippen LogP contribution in [0.5, 0.6) is 5.75 Å². The van der Waals surface area contributed by atoms with Crippen LogP contribution in [0, 0.1) is 13.8 Å². The number of aryl methyl sites for hydroxylation is 2. The van der Waals surface area contributed by atoms with Crippen LogP contribution in [0.2, 0.25) is 0 Å². The quantitative estimate of drug-likeness (QED) is 0.809. The van der Waals surface area contributed by atoms with Crippen molar-refractivity contribution in [3.8, 4) is 17.0 Å². The number of benzene rings is 1. The van der Waals surface area contributed by atoms with Crippen molar-refractivity contribution < 1.29 is 5.11 Å². The number of rotatable bonds is 4. The maximum Gasteiger partial charge on any atom is 0.148 e.